The molecule has 0 aromatic heterocycles. The van der Waals surface area contributed by atoms with Crippen LogP contribution in [-0.2, 0) is 6.54 Å². The molecular formula is C17H14N. The Morgan fingerprint density at radius 1 is 0.944 bits per heavy atom. The van der Waals surface area contributed by atoms with E-state index in [-0.39, 0.29) is 0 Å². The second kappa shape index (κ2) is 4.63. The molecule has 1 heteroatoms. The normalized spacial score (nSPS) is 10.7. The lowest BCUT2D eigenvalue weighted by molar-refractivity contribution is 1.07. The van der Waals surface area contributed by atoms with Crippen LogP contribution in [0, 0.1) is 6.07 Å². The summed E-state index contributed by atoms with van der Waals surface area (Å²) in [6, 6.07) is 24.1. The van der Waals surface area contributed by atoms with Gasteiger partial charge in [0, 0.05) is 6.54 Å². The Balaban J connectivity index is 2.24. The lowest BCUT2D eigenvalue weighted by Gasteiger charge is -2.08. The molecule has 0 aliphatic heterocycles. The highest BCUT2D eigenvalue weighted by molar-refractivity contribution is 5.96. The van der Waals surface area contributed by atoms with Crippen LogP contribution in [0.4, 0.5) is 0 Å². The molecule has 3 aromatic carbocycles. The molecule has 1 nitrogen and oxygen atoms in total. The van der Waals surface area contributed by atoms with E-state index in [0.29, 0.717) is 6.54 Å². The van der Waals surface area contributed by atoms with Gasteiger partial charge >= 0.3 is 0 Å². The summed E-state index contributed by atoms with van der Waals surface area (Å²) < 4.78 is 0. The van der Waals surface area contributed by atoms with Gasteiger partial charge < -0.3 is 5.73 Å². The minimum atomic E-state index is 0.526. The van der Waals surface area contributed by atoms with Gasteiger partial charge in [-0.3, -0.25) is 0 Å². The number of fused-ring (bicyclic) bond motifs is 1. The predicted molar refractivity (Wildman–Crippen MR) is 76.1 cm³/mol. The van der Waals surface area contributed by atoms with Gasteiger partial charge in [-0.1, -0.05) is 54.6 Å². The highest BCUT2D eigenvalue weighted by Crippen LogP contribution is 2.28. The van der Waals surface area contributed by atoms with Crippen LogP contribution in [0.3, 0.4) is 0 Å². The average molecular weight is 232 g/mol. The lowest BCUT2D eigenvalue weighted by Crippen LogP contribution is -1.96. The van der Waals surface area contributed by atoms with Crippen molar-refractivity contribution in [2.24, 2.45) is 5.73 Å². The number of hydrogen-bond acceptors (Lipinski definition) is 1. The fourth-order valence-electron chi connectivity index (χ4n) is 2.28. The van der Waals surface area contributed by atoms with Crippen LogP contribution in [0.1, 0.15) is 5.56 Å². The first-order valence-corrected chi connectivity index (χ1v) is 6.07. The maximum atomic E-state index is 5.68. The third-order valence-corrected chi connectivity index (χ3v) is 3.18. The second-order valence-electron chi connectivity index (χ2n) is 4.33. The highest BCUT2D eigenvalue weighted by atomic mass is 14.5. The van der Waals surface area contributed by atoms with Crippen molar-refractivity contribution in [1.29, 1.82) is 0 Å². The Kier molecular flexibility index (Phi) is 2.83. The van der Waals surface area contributed by atoms with Crippen molar-refractivity contribution < 1.29 is 0 Å². The molecule has 1 radical (unpaired) electrons. The van der Waals surface area contributed by atoms with Gasteiger partial charge in [-0.2, -0.15) is 0 Å². The van der Waals surface area contributed by atoms with E-state index in [2.05, 4.69) is 60.7 Å². The third-order valence-electron chi connectivity index (χ3n) is 3.18. The molecule has 3 aromatic rings. The van der Waals surface area contributed by atoms with Crippen molar-refractivity contribution in [2.45, 2.75) is 6.54 Å². The summed E-state index contributed by atoms with van der Waals surface area (Å²) in [4.78, 5) is 0. The Morgan fingerprint density at radius 2 is 1.78 bits per heavy atom. The van der Waals surface area contributed by atoms with Gasteiger partial charge in [0.25, 0.3) is 0 Å². The van der Waals surface area contributed by atoms with Gasteiger partial charge in [0.1, 0.15) is 0 Å². The molecule has 0 amide bonds. The molecule has 0 unspecified atom stereocenters. The van der Waals surface area contributed by atoms with Crippen molar-refractivity contribution in [2.75, 3.05) is 0 Å². The van der Waals surface area contributed by atoms with E-state index in [0.717, 1.165) is 5.56 Å². The van der Waals surface area contributed by atoms with Crippen molar-refractivity contribution in [1.82, 2.24) is 0 Å². The van der Waals surface area contributed by atoms with Crippen LogP contribution in [-0.4, -0.2) is 0 Å². The maximum Gasteiger partial charge on any atom is 0.0184 e. The minimum absolute atomic E-state index is 0.526. The summed E-state index contributed by atoms with van der Waals surface area (Å²) in [5.74, 6) is 0. The molecule has 0 bridgehead atoms. The molecule has 0 aliphatic carbocycles. The van der Waals surface area contributed by atoms with Crippen molar-refractivity contribution in [3.8, 4) is 11.1 Å². The summed E-state index contributed by atoms with van der Waals surface area (Å²) >= 11 is 0. The lowest BCUT2D eigenvalue weighted by atomic mass is 9.97. The fraction of sp³-hybridized carbons (Fsp3) is 0.0588. The number of benzene rings is 3. The molecular weight excluding hydrogens is 218 g/mol. The molecule has 0 saturated carbocycles. The molecule has 0 atom stereocenters. The van der Waals surface area contributed by atoms with Gasteiger partial charge in [0.2, 0.25) is 0 Å². The van der Waals surface area contributed by atoms with Crippen molar-refractivity contribution >= 4 is 10.8 Å². The number of nitrogens with two attached hydrogens (primary N) is 1. The molecule has 0 saturated heterocycles. The summed E-state index contributed by atoms with van der Waals surface area (Å²) in [7, 11) is 0. The van der Waals surface area contributed by atoms with Crippen LogP contribution in [0.5, 0.6) is 0 Å². The quantitative estimate of drug-likeness (QED) is 0.715. The van der Waals surface area contributed by atoms with Gasteiger partial charge in [-0.25, -0.2) is 0 Å². The topological polar surface area (TPSA) is 26.0 Å². The van der Waals surface area contributed by atoms with Gasteiger partial charge in [-0.05, 0) is 39.6 Å². The minimum Gasteiger partial charge on any atom is -0.326 e. The zero-order chi connectivity index (χ0) is 12.4. The smallest absolute Gasteiger partial charge is 0.0184 e. The predicted octanol–water partition coefficient (Wildman–Crippen LogP) is 3.77. The molecule has 87 valence electrons. The van der Waals surface area contributed by atoms with Crippen LogP contribution in [0.25, 0.3) is 21.9 Å². The summed E-state index contributed by atoms with van der Waals surface area (Å²) in [5, 5.41) is 2.53. The molecule has 18 heavy (non-hydrogen) atoms. The van der Waals surface area contributed by atoms with Gasteiger partial charge in [0.15, 0.2) is 0 Å². The zero-order valence-corrected chi connectivity index (χ0v) is 10.1. The van der Waals surface area contributed by atoms with E-state index in [1.165, 1.54) is 21.9 Å². The fourth-order valence-corrected chi connectivity index (χ4v) is 2.28. The first-order chi connectivity index (χ1) is 8.88. The Labute approximate surface area is 107 Å². The monoisotopic (exact) mass is 232 g/mol. The molecule has 3 rings (SSSR count). The summed E-state index contributed by atoms with van der Waals surface area (Å²) in [6.45, 7) is 0.526. The Morgan fingerprint density at radius 3 is 2.67 bits per heavy atom. The van der Waals surface area contributed by atoms with E-state index in [1.54, 1.807) is 0 Å². The van der Waals surface area contributed by atoms with E-state index < -0.39 is 0 Å². The van der Waals surface area contributed by atoms with E-state index in [1.807, 2.05) is 6.07 Å². The molecule has 2 N–H and O–H groups in total. The van der Waals surface area contributed by atoms with Crippen molar-refractivity contribution in [3.05, 3.63) is 72.3 Å². The number of rotatable bonds is 2. The van der Waals surface area contributed by atoms with Crippen molar-refractivity contribution in [3.63, 3.8) is 0 Å². The van der Waals surface area contributed by atoms with E-state index in [9.17, 15) is 0 Å². The first-order valence-electron chi connectivity index (χ1n) is 6.07. The molecule has 0 heterocycles. The van der Waals surface area contributed by atoms with E-state index in [4.69, 9.17) is 5.73 Å². The zero-order valence-electron chi connectivity index (χ0n) is 10.1. The highest BCUT2D eigenvalue weighted by Gasteiger charge is 2.03. The second-order valence-corrected chi connectivity index (χ2v) is 4.33. The van der Waals surface area contributed by atoms with Crippen LogP contribution in [0.2, 0.25) is 0 Å². The molecule has 0 spiro atoms. The SMILES string of the molecule is NCc1[c]ccc(-c2cccc3ccccc23)c1. The van der Waals surface area contributed by atoms with Crippen LogP contribution >= 0.6 is 0 Å². The Bertz CT molecular complexity index is 681. The largest absolute Gasteiger partial charge is 0.326 e. The van der Waals surface area contributed by atoms with Gasteiger partial charge in [0.05, 0.1) is 0 Å². The maximum absolute atomic E-state index is 5.68. The Hall–Kier alpha value is -2.12. The van der Waals surface area contributed by atoms with E-state index >= 15 is 0 Å². The summed E-state index contributed by atoms with van der Waals surface area (Å²) in [5.41, 5.74) is 9.17. The molecule has 0 fully saturated rings. The number of hydrogen-bond donors (Lipinski definition) is 1. The standard InChI is InChI=1S/C17H14N/c18-12-13-5-3-8-15(11-13)17-10-4-7-14-6-1-2-9-16(14)17/h1-4,6-11H,12,18H2. The van der Waals surface area contributed by atoms with Gasteiger partial charge in [-0.15, -0.1) is 0 Å². The van der Waals surface area contributed by atoms with Crippen LogP contribution in [0.15, 0.2) is 60.7 Å². The third kappa shape index (κ3) is 1.89. The summed E-state index contributed by atoms with van der Waals surface area (Å²) in [6.07, 6.45) is 0. The average Bonchev–Trinajstić information content (AvgIpc) is 2.47. The molecule has 0 aliphatic rings. The van der Waals surface area contributed by atoms with Crippen LogP contribution < -0.4 is 5.73 Å². The first kappa shape index (κ1) is 11.0.